The van der Waals surface area contributed by atoms with Crippen molar-refractivity contribution in [1.29, 1.82) is 0 Å². The van der Waals surface area contributed by atoms with Crippen LogP contribution in [0.1, 0.15) is 30.4 Å². The highest BCUT2D eigenvalue weighted by molar-refractivity contribution is 5.68. The summed E-state index contributed by atoms with van der Waals surface area (Å²) in [4.78, 5) is 0. The topological polar surface area (TPSA) is 9.23 Å². The van der Waals surface area contributed by atoms with E-state index in [9.17, 15) is 0 Å². The molecule has 1 heteroatoms. The van der Waals surface area contributed by atoms with Gasteiger partial charge in [-0.2, -0.15) is 0 Å². The van der Waals surface area contributed by atoms with Crippen molar-refractivity contribution in [3.8, 4) is 0 Å². The molecule has 0 N–H and O–H groups in total. The highest BCUT2D eigenvalue weighted by Gasteiger charge is 2.21. The van der Waals surface area contributed by atoms with Crippen LogP contribution in [0.3, 0.4) is 0 Å². The van der Waals surface area contributed by atoms with E-state index in [2.05, 4.69) is 24.3 Å². The summed E-state index contributed by atoms with van der Waals surface area (Å²) in [7, 11) is 0. The second-order valence-electron chi connectivity index (χ2n) is 4.04. The zero-order valence-electron chi connectivity index (χ0n) is 8.25. The van der Waals surface area contributed by atoms with E-state index in [-0.39, 0.29) is 0 Å². The van der Waals surface area contributed by atoms with E-state index in [0.29, 0.717) is 0 Å². The summed E-state index contributed by atoms with van der Waals surface area (Å²) in [5.74, 6) is 1.19. The summed E-state index contributed by atoms with van der Waals surface area (Å²) in [6.07, 6.45) is 4.83. The van der Waals surface area contributed by atoms with Crippen LogP contribution < -0.4 is 0 Å². The number of hydrogen-bond donors (Lipinski definition) is 0. The standard InChI is InChI=1S/C13H14O/c1-2-6-12-10(4-1)7-8-11-5-3-9-14-13(11)12/h1-2,4,6H,3,5,7-9H2. The molecule has 1 aromatic carbocycles. The highest BCUT2D eigenvalue weighted by Crippen LogP contribution is 2.36. The van der Waals surface area contributed by atoms with Gasteiger partial charge in [0.2, 0.25) is 0 Å². The van der Waals surface area contributed by atoms with E-state index in [1.54, 1.807) is 0 Å². The van der Waals surface area contributed by atoms with Gasteiger partial charge in [0.05, 0.1) is 6.61 Å². The number of fused-ring (bicyclic) bond motifs is 2. The molecular formula is C13H14O. The molecule has 1 aliphatic carbocycles. The minimum absolute atomic E-state index is 0.896. The van der Waals surface area contributed by atoms with Crippen LogP contribution in [0.4, 0.5) is 0 Å². The first-order chi connectivity index (χ1) is 6.95. The Hall–Kier alpha value is -1.24. The van der Waals surface area contributed by atoms with Gasteiger partial charge in [0.25, 0.3) is 0 Å². The summed E-state index contributed by atoms with van der Waals surface area (Å²) < 4.78 is 5.79. The monoisotopic (exact) mass is 186 g/mol. The Labute approximate surface area is 84.4 Å². The second kappa shape index (κ2) is 3.16. The molecule has 0 radical (unpaired) electrons. The highest BCUT2D eigenvalue weighted by atomic mass is 16.5. The zero-order valence-corrected chi connectivity index (χ0v) is 8.25. The van der Waals surface area contributed by atoms with Crippen molar-refractivity contribution in [2.75, 3.05) is 6.61 Å². The maximum absolute atomic E-state index is 5.79. The van der Waals surface area contributed by atoms with Crippen LogP contribution in [-0.4, -0.2) is 6.61 Å². The molecule has 1 nitrogen and oxygen atoms in total. The molecule has 14 heavy (non-hydrogen) atoms. The van der Waals surface area contributed by atoms with Gasteiger partial charge in [-0.15, -0.1) is 0 Å². The Bertz CT molecular complexity index is 390. The van der Waals surface area contributed by atoms with Crippen molar-refractivity contribution in [2.24, 2.45) is 0 Å². The van der Waals surface area contributed by atoms with Gasteiger partial charge >= 0.3 is 0 Å². The van der Waals surface area contributed by atoms with Gasteiger partial charge in [-0.25, -0.2) is 0 Å². The Morgan fingerprint density at radius 2 is 1.93 bits per heavy atom. The molecule has 0 amide bonds. The normalized spacial score (nSPS) is 19.7. The summed E-state index contributed by atoms with van der Waals surface area (Å²) >= 11 is 0. The molecule has 2 aliphatic rings. The predicted octanol–water partition coefficient (Wildman–Crippen LogP) is 3.15. The van der Waals surface area contributed by atoms with Crippen LogP contribution in [-0.2, 0) is 11.2 Å². The summed E-state index contributed by atoms with van der Waals surface area (Å²) in [5.41, 5.74) is 4.33. The lowest BCUT2D eigenvalue weighted by molar-refractivity contribution is 0.249. The molecule has 0 aromatic heterocycles. The quantitative estimate of drug-likeness (QED) is 0.604. The molecule has 0 atom stereocenters. The Kier molecular flexibility index (Phi) is 1.83. The van der Waals surface area contributed by atoms with Crippen LogP contribution in [0.15, 0.2) is 29.8 Å². The van der Waals surface area contributed by atoms with Crippen molar-refractivity contribution in [3.05, 3.63) is 41.0 Å². The lowest BCUT2D eigenvalue weighted by Crippen LogP contribution is -2.12. The predicted molar refractivity (Wildman–Crippen MR) is 56.9 cm³/mol. The van der Waals surface area contributed by atoms with Gasteiger partial charge in [0.1, 0.15) is 5.76 Å². The molecule has 0 fully saturated rings. The third-order valence-electron chi connectivity index (χ3n) is 3.15. The molecule has 0 unspecified atom stereocenters. The van der Waals surface area contributed by atoms with Crippen LogP contribution in [0.2, 0.25) is 0 Å². The number of hydrogen-bond acceptors (Lipinski definition) is 1. The number of rotatable bonds is 0. The molecule has 1 heterocycles. The average Bonchev–Trinajstić information content (AvgIpc) is 2.29. The van der Waals surface area contributed by atoms with E-state index in [1.165, 1.54) is 48.1 Å². The summed E-state index contributed by atoms with van der Waals surface area (Å²) in [6.45, 7) is 0.896. The van der Waals surface area contributed by atoms with Gasteiger partial charge in [-0.05, 0) is 36.8 Å². The van der Waals surface area contributed by atoms with Gasteiger partial charge in [0, 0.05) is 5.56 Å². The van der Waals surface area contributed by atoms with Crippen molar-refractivity contribution in [1.82, 2.24) is 0 Å². The van der Waals surface area contributed by atoms with Crippen LogP contribution in [0.25, 0.3) is 5.76 Å². The molecule has 1 aliphatic heterocycles. The fourth-order valence-corrected chi connectivity index (χ4v) is 2.43. The van der Waals surface area contributed by atoms with Gasteiger partial charge in [0.15, 0.2) is 0 Å². The van der Waals surface area contributed by atoms with E-state index < -0.39 is 0 Å². The van der Waals surface area contributed by atoms with E-state index in [4.69, 9.17) is 4.74 Å². The second-order valence-corrected chi connectivity index (χ2v) is 4.04. The maximum atomic E-state index is 5.79. The number of ether oxygens (including phenoxy) is 1. The zero-order chi connectivity index (χ0) is 9.38. The molecule has 0 spiro atoms. The van der Waals surface area contributed by atoms with E-state index in [1.807, 2.05) is 0 Å². The van der Waals surface area contributed by atoms with E-state index >= 15 is 0 Å². The lowest BCUT2D eigenvalue weighted by atomic mass is 9.87. The van der Waals surface area contributed by atoms with Crippen molar-refractivity contribution in [2.45, 2.75) is 25.7 Å². The number of aryl methyl sites for hydroxylation is 1. The van der Waals surface area contributed by atoms with Gasteiger partial charge in [-0.1, -0.05) is 24.3 Å². The minimum Gasteiger partial charge on any atom is -0.493 e. The molecule has 1 aromatic rings. The van der Waals surface area contributed by atoms with Gasteiger partial charge < -0.3 is 4.74 Å². The Morgan fingerprint density at radius 1 is 1.00 bits per heavy atom. The third kappa shape index (κ3) is 1.16. The molecule has 3 rings (SSSR count). The van der Waals surface area contributed by atoms with E-state index in [0.717, 1.165) is 6.61 Å². The molecular weight excluding hydrogens is 172 g/mol. The summed E-state index contributed by atoms with van der Waals surface area (Å²) in [5, 5.41) is 0. The fourth-order valence-electron chi connectivity index (χ4n) is 2.43. The third-order valence-corrected chi connectivity index (χ3v) is 3.15. The number of benzene rings is 1. The SMILES string of the molecule is c1ccc2c(c1)CCC1=C2OCCC1. The first-order valence-corrected chi connectivity index (χ1v) is 5.38. The average molecular weight is 186 g/mol. The molecule has 0 bridgehead atoms. The molecule has 0 saturated heterocycles. The molecule has 0 saturated carbocycles. The van der Waals surface area contributed by atoms with Crippen LogP contribution in [0.5, 0.6) is 0 Å². The molecule has 72 valence electrons. The Balaban J connectivity index is 2.13. The smallest absolute Gasteiger partial charge is 0.125 e. The largest absolute Gasteiger partial charge is 0.493 e. The minimum atomic E-state index is 0.896. The van der Waals surface area contributed by atoms with Crippen LogP contribution >= 0.6 is 0 Å². The first-order valence-electron chi connectivity index (χ1n) is 5.38. The number of allylic oxidation sites excluding steroid dienone is 1. The van der Waals surface area contributed by atoms with Gasteiger partial charge in [-0.3, -0.25) is 0 Å². The van der Waals surface area contributed by atoms with Crippen molar-refractivity contribution < 1.29 is 4.74 Å². The lowest BCUT2D eigenvalue weighted by Gasteiger charge is -2.27. The first kappa shape index (κ1) is 8.10. The Morgan fingerprint density at radius 3 is 2.93 bits per heavy atom. The van der Waals surface area contributed by atoms with Crippen molar-refractivity contribution >= 4 is 5.76 Å². The maximum Gasteiger partial charge on any atom is 0.125 e. The van der Waals surface area contributed by atoms with Crippen molar-refractivity contribution in [3.63, 3.8) is 0 Å². The fraction of sp³-hybridized carbons (Fsp3) is 0.385. The summed E-state index contributed by atoms with van der Waals surface area (Å²) in [6, 6.07) is 8.63. The van der Waals surface area contributed by atoms with Crippen LogP contribution in [0, 0.1) is 0 Å².